The molecule has 2 rings (SSSR count). The number of amides is 1. The van der Waals surface area contributed by atoms with Gasteiger partial charge < -0.3 is 10.4 Å². The van der Waals surface area contributed by atoms with Crippen molar-refractivity contribution in [3.8, 4) is 0 Å². The van der Waals surface area contributed by atoms with Crippen LogP contribution in [0.1, 0.15) is 55.3 Å². The number of carboxylic acid groups (broad SMARTS) is 1. The number of carbonyl (C=O) groups is 2. The van der Waals surface area contributed by atoms with Gasteiger partial charge in [0.1, 0.15) is 5.00 Å². The van der Waals surface area contributed by atoms with E-state index in [0.29, 0.717) is 5.00 Å². The highest BCUT2D eigenvalue weighted by atomic mass is 32.1. The normalized spacial score (nSPS) is 20.9. The maximum absolute atomic E-state index is 12.4. The minimum absolute atomic E-state index is 0.00167. The zero-order valence-corrected chi connectivity index (χ0v) is 13.0. The van der Waals surface area contributed by atoms with E-state index in [0.717, 1.165) is 30.6 Å². The number of hydrogen-bond donors (Lipinski definition) is 2. The number of carbonyl (C=O) groups excluding carboxylic acids is 1. The van der Waals surface area contributed by atoms with Crippen molar-refractivity contribution in [1.82, 2.24) is 0 Å². The van der Waals surface area contributed by atoms with Crippen molar-refractivity contribution in [3.63, 3.8) is 0 Å². The predicted molar refractivity (Wildman–Crippen MR) is 80.4 cm³/mol. The maximum Gasteiger partial charge on any atom is 0.338 e. The Labute approximate surface area is 123 Å². The van der Waals surface area contributed by atoms with E-state index in [4.69, 9.17) is 0 Å². The Morgan fingerprint density at radius 3 is 2.70 bits per heavy atom. The molecule has 110 valence electrons. The third-order valence-electron chi connectivity index (χ3n) is 4.17. The van der Waals surface area contributed by atoms with Crippen molar-refractivity contribution in [2.45, 2.75) is 46.5 Å². The summed E-state index contributed by atoms with van der Waals surface area (Å²) < 4.78 is 0. The average molecular weight is 295 g/mol. The fraction of sp³-hybridized carbons (Fsp3) is 0.600. The van der Waals surface area contributed by atoms with Gasteiger partial charge in [-0.1, -0.05) is 27.2 Å². The Hall–Kier alpha value is -1.36. The Morgan fingerprint density at radius 1 is 1.50 bits per heavy atom. The van der Waals surface area contributed by atoms with Crippen molar-refractivity contribution in [2.24, 2.45) is 11.3 Å². The van der Waals surface area contributed by atoms with Gasteiger partial charge in [-0.05, 0) is 30.7 Å². The lowest BCUT2D eigenvalue weighted by atomic mass is 9.81. The number of anilines is 1. The van der Waals surface area contributed by atoms with Crippen LogP contribution in [0.2, 0.25) is 0 Å². The quantitative estimate of drug-likeness (QED) is 0.888. The lowest BCUT2D eigenvalue weighted by Gasteiger charge is -2.25. The van der Waals surface area contributed by atoms with E-state index in [9.17, 15) is 14.7 Å². The Kier molecular flexibility index (Phi) is 4.18. The van der Waals surface area contributed by atoms with Crippen LogP contribution >= 0.6 is 11.3 Å². The summed E-state index contributed by atoms with van der Waals surface area (Å²) in [7, 11) is 0. The third kappa shape index (κ3) is 2.87. The molecule has 1 fully saturated rings. The largest absolute Gasteiger partial charge is 0.478 e. The van der Waals surface area contributed by atoms with E-state index >= 15 is 0 Å². The summed E-state index contributed by atoms with van der Waals surface area (Å²) in [5, 5.41) is 12.5. The van der Waals surface area contributed by atoms with Crippen molar-refractivity contribution >= 4 is 28.2 Å². The number of hydrogen-bond acceptors (Lipinski definition) is 3. The van der Waals surface area contributed by atoms with Crippen LogP contribution in [0.3, 0.4) is 0 Å². The molecular weight excluding hydrogens is 274 g/mol. The van der Waals surface area contributed by atoms with Gasteiger partial charge >= 0.3 is 5.97 Å². The molecule has 1 atom stereocenters. The van der Waals surface area contributed by atoms with Crippen LogP contribution in [0.4, 0.5) is 5.00 Å². The molecule has 1 aromatic heterocycles. The van der Waals surface area contributed by atoms with Crippen LogP contribution in [-0.4, -0.2) is 17.0 Å². The van der Waals surface area contributed by atoms with Crippen LogP contribution in [0.5, 0.6) is 0 Å². The van der Waals surface area contributed by atoms with Gasteiger partial charge in [-0.3, -0.25) is 4.79 Å². The van der Waals surface area contributed by atoms with Gasteiger partial charge in [0.05, 0.1) is 5.56 Å². The van der Waals surface area contributed by atoms with Gasteiger partial charge in [-0.2, -0.15) is 0 Å². The zero-order valence-electron chi connectivity index (χ0n) is 12.2. The fourth-order valence-electron chi connectivity index (χ4n) is 2.88. The molecule has 1 aromatic rings. The zero-order chi connectivity index (χ0) is 14.9. The van der Waals surface area contributed by atoms with Gasteiger partial charge in [-0.25, -0.2) is 4.79 Å². The van der Waals surface area contributed by atoms with Gasteiger partial charge in [0.15, 0.2) is 0 Å². The summed E-state index contributed by atoms with van der Waals surface area (Å²) in [5.41, 5.74) is 0.203. The minimum Gasteiger partial charge on any atom is -0.478 e. The monoisotopic (exact) mass is 295 g/mol. The van der Waals surface area contributed by atoms with Gasteiger partial charge in [0.25, 0.3) is 0 Å². The molecule has 1 saturated carbocycles. The highest BCUT2D eigenvalue weighted by Crippen LogP contribution is 2.43. The topological polar surface area (TPSA) is 66.4 Å². The molecule has 20 heavy (non-hydrogen) atoms. The fourth-order valence-corrected chi connectivity index (χ4v) is 3.87. The van der Waals surface area contributed by atoms with Gasteiger partial charge in [-0.15, -0.1) is 11.3 Å². The minimum atomic E-state index is -0.984. The lowest BCUT2D eigenvalue weighted by Crippen LogP contribution is -2.30. The number of carboxylic acids is 1. The first kappa shape index (κ1) is 15.0. The SMILES string of the molecule is CCc1cc(C(=O)O)c(NC(=O)C2CCCC2(C)C)s1. The van der Waals surface area contributed by atoms with Crippen LogP contribution in [0.15, 0.2) is 6.07 Å². The smallest absolute Gasteiger partial charge is 0.338 e. The Bertz CT molecular complexity index is 533. The van der Waals surface area contributed by atoms with E-state index < -0.39 is 5.97 Å². The molecular formula is C15H21NO3S. The average Bonchev–Trinajstić information content (AvgIpc) is 2.92. The Morgan fingerprint density at radius 2 is 2.20 bits per heavy atom. The first-order chi connectivity index (χ1) is 9.35. The molecule has 1 aliphatic carbocycles. The highest BCUT2D eigenvalue weighted by Gasteiger charge is 2.39. The second-order valence-electron chi connectivity index (χ2n) is 6.04. The predicted octanol–water partition coefficient (Wildman–Crippen LogP) is 3.77. The molecule has 0 spiro atoms. The molecule has 5 heteroatoms. The standard InChI is InChI=1S/C15H21NO3S/c1-4-9-8-10(14(18)19)13(20-9)16-12(17)11-6-5-7-15(11,2)3/h8,11H,4-7H2,1-3H3,(H,16,17)(H,18,19). The summed E-state index contributed by atoms with van der Waals surface area (Å²) in [6.07, 6.45) is 3.76. The number of thiophene rings is 1. The van der Waals surface area contributed by atoms with E-state index in [-0.39, 0.29) is 22.8 Å². The first-order valence-electron chi connectivity index (χ1n) is 7.02. The number of aromatic carboxylic acids is 1. The van der Waals surface area contributed by atoms with Crippen LogP contribution < -0.4 is 5.32 Å². The molecule has 1 unspecified atom stereocenters. The molecule has 0 saturated heterocycles. The first-order valence-corrected chi connectivity index (χ1v) is 7.83. The number of rotatable bonds is 4. The summed E-state index contributed by atoms with van der Waals surface area (Å²) >= 11 is 1.36. The summed E-state index contributed by atoms with van der Waals surface area (Å²) in [4.78, 5) is 24.6. The van der Waals surface area contributed by atoms with Gasteiger partial charge in [0, 0.05) is 10.8 Å². The molecule has 2 N–H and O–H groups in total. The van der Waals surface area contributed by atoms with Crippen molar-refractivity contribution in [1.29, 1.82) is 0 Å². The Balaban J connectivity index is 2.19. The highest BCUT2D eigenvalue weighted by molar-refractivity contribution is 7.16. The van der Waals surface area contributed by atoms with Crippen LogP contribution in [-0.2, 0) is 11.2 Å². The maximum atomic E-state index is 12.4. The second kappa shape index (κ2) is 5.56. The second-order valence-corrected chi connectivity index (χ2v) is 7.17. The molecule has 1 amide bonds. The molecule has 0 bridgehead atoms. The number of nitrogens with one attached hydrogen (secondary N) is 1. The van der Waals surface area contributed by atoms with Crippen LogP contribution in [0.25, 0.3) is 0 Å². The summed E-state index contributed by atoms with van der Waals surface area (Å²) in [6, 6.07) is 1.66. The van der Waals surface area contributed by atoms with Crippen LogP contribution in [0, 0.1) is 11.3 Å². The summed E-state index contributed by atoms with van der Waals surface area (Å²) in [5.74, 6) is -1.06. The third-order valence-corrected chi connectivity index (χ3v) is 5.37. The molecule has 4 nitrogen and oxygen atoms in total. The van der Waals surface area contributed by atoms with Crippen molar-refractivity contribution < 1.29 is 14.7 Å². The van der Waals surface area contributed by atoms with Crippen molar-refractivity contribution in [3.05, 3.63) is 16.5 Å². The van der Waals surface area contributed by atoms with Gasteiger partial charge in [0.2, 0.25) is 5.91 Å². The molecule has 0 aromatic carbocycles. The molecule has 1 aliphatic rings. The summed E-state index contributed by atoms with van der Waals surface area (Å²) in [6.45, 7) is 6.19. The lowest BCUT2D eigenvalue weighted by molar-refractivity contribution is -0.122. The van der Waals surface area contributed by atoms with E-state index in [2.05, 4.69) is 19.2 Å². The van der Waals surface area contributed by atoms with E-state index in [1.54, 1.807) is 6.07 Å². The van der Waals surface area contributed by atoms with E-state index in [1.807, 2.05) is 6.92 Å². The number of aryl methyl sites for hydroxylation is 1. The van der Waals surface area contributed by atoms with Crippen molar-refractivity contribution in [2.75, 3.05) is 5.32 Å². The van der Waals surface area contributed by atoms with E-state index in [1.165, 1.54) is 11.3 Å². The molecule has 0 aliphatic heterocycles. The molecule has 1 heterocycles. The molecule has 0 radical (unpaired) electrons.